The molecule has 1 N–H and O–H groups in total. The summed E-state index contributed by atoms with van der Waals surface area (Å²) in [7, 11) is 0. The lowest BCUT2D eigenvalue weighted by Crippen LogP contribution is -2.40. The van der Waals surface area contributed by atoms with Gasteiger partial charge in [-0.3, -0.25) is 4.99 Å². The average molecular weight is 460 g/mol. The van der Waals surface area contributed by atoms with E-state index in [9.17, 15) is 18.3 Å². The molecular formula is C25H21ClF3NO2. The smallest absolute Gasteiger partial charge is 0.416 e. The Hall–Kier alpha value is -2.83. The third-order valence-corrected chi connectivity index (χ3v) is 5.72. The maximum absolute atomic E-state index is 13.3. The SMILES string of the molecule is CC(O)C(Oc1ccccc1-c1cc(C(F)(F)F)ccc1Cl)C1=NCCc2ccccc21. The second kappa shape index (κ2) is 8.96. The van der Waals surface area contributed by atoms with Crippen molar-refractivity contribution in [2.45, 2.75) is 31.7 Å². The molecule has 166 valence electrons. The van der Waals surface area contributed by atoms with Crippen LogP contribution in [0.2, 0.25) is 5.02 Å². The van der Waals surface area contributed by atoms with Crippen LogP contribution in [0.1, 0.15) is 23.6 Å². The molecule has 2 atom stereocenters. The number of benzene rings is 3. The molecule has 3 nitrogen and oxygen atoms in total. The number of fused-ring (bicyclic) bond motifs is 1. The van der Waals surface area contributed by atoms with Crippen molar-refractivity contribution in [2.24, 2.45) is 4.99 Å². The summed E-state index contributed by atoms with van der Waals surface area (Å²) in [6.07, 6.45) is -5.42. The van der Waals surface area contributed by atoms with Crippen LogP contribution in [0.15, 0.2) is 71.7 Å². The molecule has 0 bridgehead atoms. The number of rotatable bonds is 5. The highest BCUT2D eigenvalue weighted by Crippen LogP contribution is 2.40. The monoisotopic (exact) mass is 459 g/mol. The van der Waals surface area contributed by atoms with Gasteiger partial charge >= 0.3 is 6.18 Å². The Labute approximate surface area is 189 Å². The van der Waals surface area contributed by atoms with E-state index in [1.54, 1.807) is 31.2 Å². The second-order valence-corrected chi connectivity index (χ2v) is 8.05. The van der Waals surface area contributed by atoms with E-state index in [0.29, 0.717) is 23.6 Å². The lowest BCUT2D eigenvalue weighted by molar-refractivity contribution is -0.137. The van der Waals surface area contributed by atoms with Crippen LogP contribution in [0, 0.1) is 0 Å². The van der Waals surface area contributed by atoms with Crippen molar-refractivity contribution in [3.63, 3.8) is 0 Å². The number of ether oxygens (including phenoxy) is 1. The maximum atomic E-state index is 13.3. The first-order valence-electron chi connectivity index (χ1n) is 10.2. The predicted molar refractivity (Wildman–Crippen MR) is 120 cm³/mol. The first kappa shape index (κ1) is 22.4. The van der Waals surface area contributed by atoms with Crippen LogP contribution in [-0.4, -0.2) is 29.6 Å². The van der Waals surface area contributed by atoms with Gasteiger partial charge in [-0.1, -0.05) is 54.1 Å². The molecule has 3 aromatic carbocycles. The van der Waals surface area contributed by atoms with Crippen LogP contribution in [0.25, 0.3) is 11.1 Å². The Kier molecular flexibility index (Phi) is 6.26. The van der Waals surface area contributed by atoms with Gasteiger partial charge in [0.25, 0.3) is 0 Å². The van der Waals surface area contributed by atoms with Crippen molar-refractivity contribution >= 4 is 17.3 Å². The average Bonchev–Trinajstić information content (AvgIpc) is 2.77. The molecule has 0 spiro atoms. The summed E-state index contributed by atoms with van der Waals surface area (Å²) in [5.41, 5.74) is 2.43. The number of aliphatic hydroxyl groups is 1. The van der Waals surface area contributed by atoms with Gasteiger partial charge in [-0.15, -0.1) is 0 Å². The summed E-state index contributed by atoms with van der Waals surface area (Å²) >= 11 is 6.27. The molecule has 32 heavy (non-hydrogen) atoms. The van der Waals surface area contributed by atoms with Gasteiger partial charge in [0, 0.05) is 28.3 Å². The minimum atomic E-state index is -4.50. The summed E-state index contributed by atoms with van der Waals surface area (Å²) in [6, 6.07) is 17.7. The van der Waals surface area contributed by atoms with Crippen molar-refractivity contribution in [1.82, 2.24) is 0 Å². The van der Waals surface area contributed by atoms with E-state index in [0.717, 1.165) is 29.7 Å². The maximum Gasteiger partial charge on any atom is 0.416 e. The molecule has 1 aliphatic rings. The van der Waals surface area contributed by atoms with Crippen LogP contribution in [0.5, 0.6) is 5.75 Å². The molecule has 2 unspecified atom stereocenters. The molecular weight excluding hydrogens is 439 g/mol. The summed E-state index contributed by atoms with van der Waals surface area (Å²) in [4.78, 5) is 4.61. The van der Waals surface area contributed by atoms with E-state index in [1.165, 1.54) is 6.07 Å². The Bertz CT molecular complexity index is 1160. The lowest BCUT2D eigenvalue weighted by atomic mass is 9.93. The first-order valence-corrected chi connectivity index (χ1v) is 10.6. The molecule has 1 heterocycles. The zero-order valence-electron chi connectivity index (χ0n) is 17.2. The van der Waals surface area contributed by atoms with Crippen molar-refractivity contribution in [1.29, 1.82) is 0 Å². The molecule has 0 radical (unpaired) electrons. The molecule has 4 rings (SSSR count). The Balaban J connectivity index is 1.76. The summed E-state index contributed by atoms with van der Waals surface area (Å²) < 4.78 is 46.1. The van der Waals surface area contributed by atoms with Crippen LogP contribution in [0.3, 0.4) is 0 Å². The van der Waals surface area contributed by atoms with Gasteiger partial charge in [-0.05, 0) is 43.2 Å². The standard InChI is InChI=1S/C25H21ClF3NO2/c1-15(31)24(23-18-7-3-2-6-16(18)12-13-30-23)32-22-9-5-4-8-19(22)20-14-17(25(27,28)29)10-11-21(20)26/h2-11,14-15,24,31H,12-13H2,1H3. The van der Waals surface area contributed by atoms with Crippen molar-refractivity contribution in [3.8, 4) is 16.9 Å². The number of aliphatic hydroxyl groups excluding tert-OH is 1. The Morgan fingerprint density at radius 2 is 1.66 bits per heavy atom. The summed E-state index contributed by atoms with van der Waals surface area (Å²) in [5, 5.41) is 10.7. The molecule has 0 saturated heterocycles. The summed E-state index contributed by atoms with van der Waals surface area (Å²) in [6.45, 7) is 2.17. The van der Waals surface area contributed by atoms with Crippen molar-refractivity contribution < 1.29 is 23.0 Å². The minimum Gasteiger partial charge on any atom is -0.481 e. The Morgan fingerprint density at radius 3 is 2.38 bits per heavy atom. The minimum absolute atomic E-state index is 0.169. The topological polar surface area (TPSA) is 41.8 Å². The van der Waals surface area contributed by atoms with E-state index in [2.05, 4.69) is 4.99 Å². The van der Waals surface area contributed by atoms with Gasteiger partial charge in [0.15, 0.2) is 6.10 Å². The fourth-order valence-corrected chi connectivity index (χ4v) is 4.05. The van der Waals surface area contributed by atoms with Gasteiger partial charge in [0.2, 0.25) is 0 Å². The van der Waals surface area contributed by atoms with E-state index in [1.807, 2.05) is 24.3 Å². The van der Waals surface area contributed by atoms with Gasteiger partial charge in [-0.2, -0.15) is 13.2 Å². The van der Waals surface area contributed by atoms with Gasteiger partial charge in [0.1, 0.15) is 5.75 Å². The van der Waals surface area contributed by atoms with Gasteiger partial charge < -0.3 is 9.84 Å². The number of nitrogens with zero attached hydrogens (tertiary/aromatic N) is 1. The van der Waals surface area contributed by atoms with Gasteiger partial charge in [-0.25, -0.2) is 0 Å². The molecule has 0 fully saturated rings. The molecule has 0 aromatic heterocycles. The second-order valence-electron chi connectivity index (χ2n) is 7.64. The highest BCUT2D eigenvalue weighted by Gasteiger charge is 2.32. The quantitative estimate of drug-likeness (QED) is 0.493. The number of alkyl halides is 3. The zero-order chi connectivity index (χ0) is 22.9. The van der Waals surface area contributed by atoms with Crippen LogP contribution in [-0.2, 0) is 12.6 Å². The van der Waals surface area contributed by atoms with Crippen molar-refractivity contribution in [3.05, 3.63) is 88.4 Å². The van der Waals surface area contributed by atoms with Gasteiger partial charge in [0.05, 0.1) is 17.4 Å². The molecule has 0 aliphatic carbocycles. The Morgan fingerprint density at radius 1 is 0.969 bits per heavy atom. The van der Waals surface area contributed by atoms with E-state index >= 15 is 0 Å². The van der Waals surface area contributed by atoms with E-state index in [-0.39, 0.29) is 10.6 Å². The first-order chi connectivity index (χ1) is 15.3. The lowest BCUT2D eigenvalue weighted by Gasteiger charge is -2.28. The number of aliphatic imine (C=N–C) groups is 1. The third-order valence-electron chi connectivity index (χ3n) is 5.39. The normalized spacial score (nSPS) is 15.5. The number of halogens is 4. The van der Waals surface area contributed by atoms with E-state index < -0.39 is 23.9 Å². The van der Waals surface area contributed by atoms with E-state index in [4.69, 9.17) is 16.3 Å². The number of hydrogen-bond acceptors (Lipinski definition) is 3. The molecule has 0 saturated carbocycles. The predicted octanol–water partition coefficient (Wildman–Crippen LogP) is 6.20. The molecule has 3 aromatic rings. The number of hydrogen-bond donors (Lipinski definition) is 1. The van der Waals surface area contributed by atoms with Crippen LogP contribution in [0.4, 0.5) is 13.2 Å². The zero-order valence-corrected chi connectivity index (χ0v) is 18.0. The highest BCUT2D eigenvalue weighted by molar-refractivity contribution is 6.33. The fourth-order valence-electron chi connectivity index (χ4n) is 3.83. The molecule has 0 amide bonds. The highest BCUT2D eigenvalue weighted by atomic mass is 35.5. The molecule has 1 aliphatic heterocycles. The fraction of sp³-hybridized carbons (Fsp3) is 0.240. The van der Waals surface area contributed by atoms with Crippen LogP contribution >= 0.6 is 11.6 Å². The largest absolute Gasteiger partial charge is 0.481 e. The summed E-state index contributed by atoms with van der Waals surface area (Å²) in [5.74, 6) is 0.311. The van der Waals surface area contributed by atoms with Crippen LogP contribution < -0.4 is 4.74 Å². The molecule has 7 heteroatoms. The third kappa shape index (κ3) is 4.52. The number of para-hydroxylation sites is 1. The van der Waals surface area contributed by atoms with Crippen molar-refractivity contribution in [2.75, 3.05) is 6.54 Å².